The van der Waals surface area contributed by atoms with E-state index < -0.39 is 28.6 Å². The van der Waals surface area contributed by atoms with E-state index in [1.807, 2.05) is 0 Å². The van der Waals surface area contributed by atoms with Crippen LogP contribution in [0.4, 0.5) is 26.3 Å². The van der Waals surface area contributed by atoms with Crippen LogP contribution in [0.3, 0.4) is 0 Å². The maximum absolute atomic E-state index is 14.2. The van der Waals surface area contributed by atoms with E-state index in [0.717, 1.165) is 41.5 Å². The monoisotopic (exact) mass is 264 g/mol. The summed E-state index contributed by atoms with van der Waals surface area (Å²) in [6.07, 6.45) is -5.64. The van der Waals surface area contributed by atoms with Crippen LogP contribution in [0.15, 0.2) is 0 Å². The Balaban J connectivity index is 6.04. The zero-order valence-corrected chi connectivity index (χ0v) is 10.8. The molecule has 0 aliphatic rings. The fourth-order valence-corrected chi connectivity index (χ4v) is 1.59. The summed E-state index contributed by atoms with van der Waals surface area (Å²) in [5.74, 6) is -4.53. The van der Waals surface area contributed by atoms with E-state index in [2.05, 4.69) is 0 Å². The van der Waals surface area contributed by atoms with Crippen molar-refractivity contribution < 1.29 is 26.3 Å². The Morgan fingerprint density at radius 1 is 0.529 bits per heavy atom. The van der Waals surface area contributed by atoms with Gasteiger partial charge in [0.25, 0.3) is 11.6 Å². The van der Waals surface area contributed by atoms with Gasteiger partial charge in [-0.3, -0.25) is 0 Å². The van der Waals surface area contributed by atoms with E-state index in [0.29, 0.717) is 0 Å². The van der Waals surface area contributed by atoms with Crippen LogP contribution in [-0.2, 0) is 0 Å². The first-order valence-electron chi connectivity index (χ1n) is 5.13. The van der Waals surface area contributed by atoms with Crippen LogP contribution in [0.5, 0.6) is 0 Å². The molecule has 17 heavy (non-hydrogen) atoms. The molecule has 0 spiro atoms. The minimum Gasteiger partial charge on any atom is -0.226 e. The summed E-state index contributed by atoms with van der Waals surface area (Å²) in [6.45, 7) is 5.12. The second kappa shape index (κ2) is 3.79. The van der Waals surface area contributed by atoms with Crippen molar-refractivity contribution in [3.05, 3.63) is 0 Å². The number of hydrogen-bond donors (Lipinski definition) is 0. The van der Waals surface area contributed by atoms with E-state index in [1.165, 1.54) is 0 Å². The van der Waals surface area contributed by atoms with Crippen molar-refractivity contribution in [1.29, 1.82) is 0 Å². The molecule has 0 aromatic carbocycles. The second-order valence-corrected chi connectivity index (χ2v) is 6.23. The molecule has 0 aromatic rings. The molecule has 104 valence electrons. The van der Waals surface area contributed by atoms with Crippen LogP contribution in [0, 0.1) is 10.8 Å². The van der Waals surface area contributed by atoms with Crippen LogP contribution >= 0.6 is 0 Å². The maximum Gasteiger partial charge on any atom is 0.429 e. The Kier molecular flexibility index (Phi) is 3.69. The molecule has 0 radical (unpaired) electrons. The molecule has 1 atom stereocenters. The van der Waals surface area contributed by atoms with Gasteiger partial charge in [-0.05, 0) is 0 Å². The summed E-state index contributed by atoms with van der Waals surface area (Å²) in [5.41, 5.74) is -8.97. The van der Waals surface area contributed by atoms with Gasteiger partial charge in [-0.2, -0.15) is 13.2 Å². The van der Waals surface area contributed by atoms with Crippen LogP contribution in [0.2, 0.25) is 0 Å². The average Bonchev–Trinajstić information content (AvgIpc) is 1.95. The minimum atomic E-state index is -5.64. The van der Waals surface area contributed by atoms with Crippen molar-refractivity contribution in [2.45, 2.75) is 59.3 Å². The van der Waals surface area contributed by atoms with Crippen molar-refractivity contribution in [2.24, 2.45) is 10.8 Å². The Bertz CT molecular complexity index is 262. The number of hydrogen-bond acceptors (Lipinski definition) is 0. The highest BCUT2D eigenvalue weighted by molar-refractivity contribution is 5.10. The highest BCUT2D eigenvalue weighted by atomic mass is 19.4. The molecule has 0 heterocycles. The maximum atomic E-state index is 14.2. The van der Waals surface area contributed by atoms with Gasteiger partial charge in [0.05, 0.1) is 0 Å². The molecular formula is C11H18F6. The molecule has 0 saturated carbocycles. The van der Waals surface area contributed by atoms with Gasteiger partial charge in [-0.25, -0.2) is 13.2 Å². The molecule has 0 fully saturated rings. The first-order valence-corrected chi connectivity index (χ1v) is 5.13. The van der Waals surface area contributed by atoms with Gasteiger partial charge in [-0.15, -0.1) is 0 Å². The van der Waals surface area contributed by atoms with Crippen molar-refractivity contribution >= 4 is 0 Å². The van der Waals surface area contributed by atoms with Crippen LogP contribution in [0.25, 0.3) is 0 Å². The van der Waals surface area contributed by atoms with Crippen LogP contribution in [0.1, 0.15) is 41.5 Å². The zero-order valence-electron chi connectivity index (χ0n) is 10.8. The molecule has 0 nitrogen and oxygen atoms in total. The molecule has 0 unspecified atom stereocenters. The Labute approximate surface area is 97.4 Å². The molecule has 0 aliphatic carbocycles. The molecule has 0 N–H and O–H groups in total. The van der Waals surface area contributed by atoms with Gasteiger partial charge in [0, 0.05) is 10.8 Å². The molecule has 0 saturated heterocycles. The molecular weight excluding hydrogens is 246 g/mol. The summed E-state index contributed by atoms with van der Waals surface area (Å²) < 4.78 is 80.3. The lowest BCUT2D eigenvalue weighted by Gasteiger charge is -2.48. The number of alkyl halides is 6. The lowest BCUT2D eigenvalue weighted by Crippen LogP contribution is -2.67. The van der Waals surface area contributed by atoms with E-state index >= 15 is 0 Å². The van der Waals surface area contributed by atoms with Crippen molar-refractivity contribution in [3.63, 3.8) is 0 Å². The van der Waals surface area contributed by atoms with E-state index in [1.54, 1.807) is 0 Å². The highest BCUT2D eigenvalue weighted by Crippen LogP contribution is 2.60. The van der Waals surface area contributed by atoms with Crippen LogP contribution < -0.4 is 0 Å². The molecule has 0 aromatic heterocycles. The van der Waals surface area contributed by atoms with Crippen LogP contribution in [-0.4, -0.2) is 17.8 Å². The number of rotatable bonds is 1. The van der Waals surface area contributed by atoms with E-state index in [-0.39, 0.29) is 0 Å². The Morgan fingerprint density at radius 2 is 0.824 bits per heavy atom. The predicted molar refractivity (Wildman–Crippen MR) is 53.8 cm³/mol. The van der Waals surface area contributed by atoms with Gasteiger partial charge in [-0.1, -0.05) is 41.5 Å². The average molecular weight is 264 g/mol. The van der Waals surface area contributed by atoms with Gasteiger partial charge < -0.3 is 0 Å². The Hall–Kier alpha value is -0.420. The third-order valence-corrected chi connectivity index (χ3v) is 2.80. The standard InChI is InChI=1S/C11H18F6/c1-7(2,3)9(12,11(15,16)17)10(13,14)8(4,5)6/h1-6H3/t9-/m0/s1. The van der Waals surface area contributed by atoms with Crippen molar-refractivity contribution in [2.75, 3.05) is 0 Å². The number of halogens is 6. The van der Waals surface area contributed by atoms with E-state index in [4.69, 9.17) is 0 Å². The quantitative estimate of drug-likeness (QED) is 0.586. The van der Waals surface area contributed by atoms with Crippen molar-refractivity contribution in [3.8, 4) is 0 Å². The fourth-order valence-electron chi connectivity index (χ4n) is 1.59. The molecule has 0 aliphatic heterocycles. The molecule has 0 bridgehead atoms. The topological polar surface area (TPSA) is 0 Å². The molecule has 6 heteroatoms. The smallest absolute Gasteiger partial charge is 0.226 e. The third kappa shape index (κ3) is 2.27. The summed E-state index contributed by atoms with van der Waals surface area (Å²) in [6, 6.07) is 0. The van der Waals surface area contributed by atoms with Crippen molar-refractivity contribution in [1.82, 2.24) is 0 Å². The highest BCUT2D eigenvalue weighted by Gasteiger charge is 2.78. The fraction of sp³-hybridized carbons (Fsp3) is 1.00. The zero-order chi connectivity index (χ0) is 14.5. The summed E-state index contributed by atoms with van der Waals surface area (Å²) in [4.78, 5) is 0. The lowest BCUT2D eigenvalue weighted by atomic mass is 9.66. The normalized spacial score (nSPS) is 19.1. The van der Waals surface area contributed by atoms with E-state index in [9.17, 15) is 26.3 Å². The predicted octanol–water partition coefficient (Wildman–Crippen LogP) is 4.98. The Morgan fingerprint density at radius 3 is 0.882 bits per heavy atom. The first-order chi connectivity index (χ1) is 7.00. The van der Waals surface area contributed by atoms with Gasteiger partial charge in [0.2, 0.25) is 0 Å². The summed E-state index contributed by atoms with van der Waals surface area (Å²) in [5, 5.41) is 0. The second-order valence-electron chi connectivity index (χ2n) is 6.23. The summed E-state index contributed by atoms with van der Waals surface area (Å²) in [7, 11) is 0. The van der Waals surface area contributed by atoms with Gasteiger partial charge in [0.15, 0.2) is 0 Å². The van der Waals surface area contributed by atoms with Gasteiger partial charge >= 0.3 is 6.18 Å². The summed E-state index contributed by atoms with van der Waals surface area (Å²) >= 11 is 0. The lowest BCUT2D eigenvalue weighted by molar-refractivity contribution is -0.355. The minimum absolute atomic E-state index is 0.820. The SMILES string of the molecule is CC(C)(C)C(F)(F)[C@@](F)(C(C)(C)C)C(F)(F)F. The first kappa shape index (κ1) is 16.6. The molecule has 0 amide bonds. The molecule has 0 rings (SSSR count). The largest absolute Gasteiger partial charge is 0.429 e. The third-order valence-electron chi connectivity index (χ3n) is 2.80. The van der Waals surface area contributed by atoms with Gasteiger partial charge in [0.1, 0.15) is 0 Å².